The van der Waals surface area contributed by atoms with Gasteiger partial charge in [-0.1, -0.05) is 157 Å². The molecule has 0 bridgehead atoms. The first-order valence-corrected chi connectivity index (χ1v) is 15.7. The Balaban J connectivity index is 1.04. The van der Waals surface area contributed by atoms with Gasteiger partial charge in [0, 0.05) is 22.3 Å². The molecule has 0 aliphatic carbocycles. The molecule has 0 N–H and O–H groups in total. The highest BCUT2D eigenvalue weighted by atomic mass is 35.5. The van der Waals surface area contributed by atoms with E-state index in [0.717, 1.165) is 55.5 Å². The number of nitrogens with zero attached hydrogens (tertiary/aromatic N) is 5. The lowest BCUT2D eigenvalue weighted by atomic mass is 9.98. The summed E-state index contributed by atoms with van der Waals surface area (Å²) in [5.74, 6) is 1.94. The van der Waals surface area contributed by atoms with Crippen LogP contribution < -0.4 is 0 Å². The number of aromatic nitrogens is 5. The van der Waals surface area contributed by atoms with Crippen LogP contribution in [0.25, 0.3) is 78.7 Å². The number of hydrogen-bond acceptors (Lipinski definition) is 5. The number of hydrogen-bond donors (Lipinski definition) is 0. The highest BCUT2D eigenvalue weighted by Gasteiger charge is 2.13. The molecule has 5 nitrogen and oxygen atoms in total. The Hall–Kier alpha value is -6.04. The second kappa shape index (κ2) is 12.4. The van der Waals surface area contributed by atoms with Crippen molar-refractivity contribution < 1.29 is 0 Å². The summed E-state index contributed by atoms with van der Waals surface area (Å²) in [6.45, 7) is 0. The van der Waals surface area contributed by atoms with Gasteiger partial charge in [0.05, 0.1) is 11.0 Å². The Bertz CT molecular complexity index is 2270. The fraction of sp³-hybridized carbons (Fsp3) is 0. The lowest BCUT2D eigenvalue weighted by molar-refractivity contribution is 1.07. The normalized spacial score (nSPS) is 11.1. The summed E-state index contributed by atoms with van der Waals surface area (Å²) in [6.07, 6.45) is 0. The quantitative estimate of drug-likeness (QED) is 0.184. The van der Waals surface area contributed by atoms with Gasteiger partial charge in [-0.05, 0) is 34.4 Å². The Morgan fingerprint density at radius 2 is 0.596 bits per heavy atom. The van der Waals surface area contributed by atoms with Crippen LogP contribution in [0.2, 0.25) is 5.15 Å². The molecule has 8 rings (SSSR count). The first kappa shape index (κ1) is 28.4. The molecule has 0 atom stereocenters. The highest BCUT2D eigenvalue weighted by molar-refractivity contribution is 6.32. The molecule has 0 amide bonds. The number of rotatable bonds is 6. The SMILES string of the molecule is Clc1nc2ccccc2nc1-c1ccc(-c2ccc(-c3ccc(-c4nc(-c5ccccc5)nc(-c5ccccc5)n4)cc3)cc2)cc1. The zero-order valence-electron chi connectivity index (χ0n) is 25.1. The van der Waals surface area contributed by atoms with Gasteiger partial charge in [0.15, 0.2) is 22.6 Å². The molecule has 0 aliphatic heterocycles. The average Bonchev–Trinajstić information content (AvgIpc) is 3.15. The predicted molar refractivity (Wildman–Crippen MR) is 191 cm³/mol. The summed E-state index contributed by atoms with van der Waals surface area (Å²) in [5.41, 5.74) is 10.5. The van der Waals surface area contributed by atoms with E-state index in [2.05, 4.69) is 65.6 Å². The zero-order chi connectivity index (χ0) is 31.6. The van der Waals surface area contributed by atoms with Crippen molar-refractivity contribution in [2.45, 2.75) is 0 Å². The van der Waals surface area contributed by atoms with E-state index in [1.54, 1.807) is 0 Å². The van der Waals surface area contributed by atoms with Crippen LogP contribution >= 0.6 is 11.6 Å². The summed E-state index contributed by atoms with van der Waals surface area (Å²) >= 11 is 6.50. The van der Waals surface area contributed by atoms with Gasteiger partial charge in [0.2, 0.25) is 0 Å². The molecule has 2 aromatic heterocycles. The molecule has 6 heteroatoms. The minimum atomic E-state index is 0.399. The Morgan fingerprint density at radius 1 is 0.277 bits per heavy atom. The van der Waals surface area contributed by atoms with Crippen molar-refractivity contribution in [3.8, 4) is 67.7 Å². The summed E-state index contributed by atoms with van der Waals surface area (Å²) in [5, 5.41) is 0.399. The maximum Gasteiger partial charge on any atom is 0.164 e. The minimum absolute atomic E-state index is 0.399. The number of benzene rings is 6. The Morgan fingerprint density at radius 3 is 1.02 bits per heavy atom. The molecule has 0 unspecified atom stereocenters. The van der Waals surface area contributed by atoms with Crippen LogP contribution in [0.1, 0.15) is 0 Å². The number of halogens is 1. The summed E-state index contributed by atoms with van der Waals surface area (Å²) in [7, 11) is 0. The second-order valence-electron chi connectivity index (χ2n) is 11.1. The lowest BCUT2D eigenvalue weighted by Crippen LogP contribution is -2.00. The van der Waals surface area contributed by atoms with E-state index < -0.39 is 0 Å². The van der Waals surface area contributed by atoms with Crippen LogP contribution in [0.4, 0.5) is 0 Å². The van der Waals surface area contributed by atoms with Crippen molar-refractivity contribution in [1.29, 1.82) is 0 Å². The molecule has 8 aromatic rings. The van der Waals surface area contributed by atoms with Crippen LogP contribution in [0.5, 0.6) is 0 Å². The predicted octanol–water partition coefficient (Wildman–Crippen LogP) is 10.5. The fourth-order valence-electron chi connectivity index (χ4n) is 5.59. The van der Waals surface area contributed by atoms with E-state index in [-0.39, 0.29) is 0 Å². The summed E-state index contributed by atoms with van der Waals surface area (Å²) in [6, 6.07) is 53.0. The minimum Gasteiger partial charge on any atom is -0.243 e. The maximum absolute atomic E-state index is 6.50. The van der Waals surface area contributed by atoms with E-state index in [0.29, 0.717) is 28.3 Å². The van der Waals surface area contributed by atoms with Gasteiger partial charge in [-0.25, -0.2) is 24.9 Å². The van der Waals surface area contributed by atoms with Crippen molar-refractivity contribution in [3.05, 3.63) is 163 Å². The zero-order valence-corrected chi connectivity index (χ0v) is 25.9. The summed E-state index contributed by atoms with van der Waals surface area (Å²) in [4.78, 5) is 23.8. The van der Waals surface area contributed by atoms with Gasteiger partial charge in [-0.2, -0.15) is 0 Å². The first-order chi connectivity index (χ1) is 23.2. The fourth-order valence-corrected chi connectivity index (χ4v) is 5.83. The van der Waals surface area contributed by atoms with Crippen LogP contribution in [0.3, 0.4) is 0 Å². The number of para-hydroxylation sites is 2. The molecule has 0 saturated heterocycles. The van der Waals surface area contributed by atoms with E-state index >= 15 is 0 Å². The third-order valence-electron chi connectivity index (χ3n) is 8.08. The average molecular weight is 624 g/mol. The molecular weight excluding hydrogens is 598 g/mol. The van der Waals surface area contributed by atoms with Crippen LogP contribution in [-0.4, -0.2) is 24.9 Å². The topological polar surface area (TPSA) is 64.5 Å². The van der Waals surface area contributed by atoms with Crippen LogP contribution in [0, 0.1) is 0 Å². The third kappa shape index (κ3) is 5.88. The lowest BCUT2D eigenvalue weighted by Gasteiger charge is -2.10. The third-order valence-corrected chi connectivity index (χ3v) is 8.34. The molecule has 0 saturated carbocycles. The van der Waals surface area contributed by atoms with Crippen molar-refractivity contribution in [2.24, 2.45) is 0 Å². The van der Waals surface area contributed by atoms with Gasteiger partial charge in [0.1, 0.15) is 5.69 Å². The molecule has 0 spiro atoms. The Kier molecular flexibility index (Phi) is 7.50. The molecule has 47 heavy (non-hydrogen) atoms. The van der Waals surface area contributed by atoms with Crippen molar-refractivity contribution >= 4 is 22.6 Å². The van der Waals surface area contributed by atoms with E-state index in [1.165, 1.54) is 0 Å². The van der Waals surface area contributed by atoms with Crippen LogP contribution in [-0.2, 0) is 0 Å². The Labute approximate surface area is 277 Å². The standard InChI is InChI=1S/C41H26ClN5/c42-38-37(43-35-13-7-8-14-36(35)44-38)31-23-19-29(20-24-31)27-15-17-28(18-16-27)30-21-25-34(26-22-30)41-46-39(32-9-3-1-4-10-32)45-40(47-41)33-11-5-2-6-12-33/h1-26H. The molecular formula is C41H26ClN5. The monoisotopic (exact) mass is 623 g/mol. The molecule has 0 aliphatic rings. The van der Waals surface area contributed by atoms with Crippen molar-refractivity contribution in [3.63, 3.8) is 0 Å². The van der Waals surface area contributed by atoms with Gasteiger partial charge < -0.3 is 0 Å². The molecule has 2 heterocycles. The van der Waals surface area contributed by atoms with E-state index in [1.807, 2.05) is 97.1 Å². The number of fused-ring (bicyclic) bond motifs is 1. The first-order valence-electron chi connectivity index (χ1n) is 15.3. The van der Waals surface area contributed by atoms with Gasteiger partial charge >= 0.3 is 0 Å². The second-order valence-corrected chi connectivity index (χ2v) is 11.5. The maximum atomic E-state index is 6.50. The molecule has 6 aromatic carbocycles. The molecule has 222 valence electrons. The smallest absolute Gasteiger partial charge is 0.164 e. The van der Waals surface area contributed by atoms with Crippen LogP contribution in [0.15, 0.2) is 158 Å². The molecule has 0 radical (unpaired) electrons. The van der Waals surface area contributed by atoms with E-state index in [4.69, 9.17) is 31.5 Å². The highest BCUT2D eigenvalue weighted by Crippen LogP contribution is 2.31. The van der Waals surface area contributed by atoms with Gasteiger partial charge in [-0.3, -0.25) is 0 Å². The van der Waals surface area contributed by atoms with E-state index in [9.17, 15) is 0 Å². The molecule has 0 fully saturated rings. The van der Waals surface area contributed by atoms with Gasteiger partial charge in [-0.15, -0.1) is 0 Å². The van der Waals surface area contributed by atoms with Gasteiger partial charge in [0.25, 0.3) is 0 Å². The van der Waals surface area contributed by atoms with Crippen molar-refractivity contribution in [2.75, 3.05) is 0 Å². The summed E-state index contributed by atoms with van der Waals surface area (Å²) < 4.78 is 0. The van der Waals surface area contributed by atoms with Crippen molar-refractivity contribution in [1.82, 2.24) is 24.9 Å². The largest absolute Gasteiger partial charge is 0.243 e.